The van der Waals surface area contributed by atoms with Gasteiger partial charge in [0.25, 0.3) is 0 Å². The van der Waals surface area contributed by atoms with Crippen LogP contribution in [0.3, 0.4) is 0 Å². The number of ether oxygens (including phenoxy) is 2. The number of nitrogens with zero attached hydrogens (tertiary/aromatic N) is 2. The van der Waals surface area contributed by atoms with E-state index in [0.29, 0.717) is 18.7 Å². The summed E-state index contributed by atoms with van der Waals surface area (Å²) in [6.07, 6.45) is 1.70. The molecule has 2 fully saturated rings. The molecule has 2 atom stereocenters. The van der Waals surface area contributed by atoms with Crippen LogP contribution in [0.1, 0.15) is 19.8 Å². The van der Waals surface area contributed by atoms with Crippen LogP contribution in [0.2, 0.25) is 0 Å². The predicted molar refractivity (Wildman–Crippen MR) is 116 cm³/mol. The molecule has 2 aliphatic heterocycles. The minimum Gasteiger partial charge on any atom is -0.497 e. The number of rotatable bonds is 7. The molecule has 3 rings (SSSR count). The number of guanidine groups is 1. The van der Waals surface area contributed by atoms with E-state index in [-0.39, 0.29) is 17.7 Å². The molecule has 8 nitrogen and oxygen atoms in total. The Morgan fingerprint density at radius 2 is 1.93 bits per heavy atom. The SMILES string of the molecule is CCNC(=NCC1CCS(=O)(=O)C1)NC1CCN(c2cc(OC)cc(OC)c2)C1. The van der Waals surface area contributed by atoms with Crippen molar-refractivity contribution in [2.24, 2.45) is 10.9 Å². The third-order valence-electron chi connectivity index (χ3n) is 5.41. The molecule has 0 aliphatic carbocycles. The van der Waals surface area contributed by atoms with E-state index < -0.39 is 9.84 Å². The van der Waals surface area contributed by atoms with Crippen molar-refractivity contribution in [1.82, 2.24) is 10.6 Å². The zero-order chi connectivity index (χ0) is 20.9. The van der Waals surface area contributed by atoms with Crippen LogP contribution in [0.5, 0.6) is 11.5 Å². The van der Waals surface area contributed by atoms with Crippen LogP contribution in [0.4, 0.5) is 5.69 Å². The lowest BCUT2D eigenvalue weighted by molar-refractivity contribution is 0.394. The third-order valence-corrected chi connectivity index (χ3v) is 7.25. The minimum atomic E-state index is -2.86. The number of methoxy groups -OCH3 is 2. The molecule has 0 amide bonds. The highest BCUT2D eigenvalue weighted by atomic mass is 32.2. The molecule has 0 bridgehead atoms. The lowest BCUT2D eigenvalue weighted by Gasteiger charge is -2.21. The molecule has 0 saturated carbocycles. The fourth-order valence-electron chi connectivity index (χ4n) is 3.84. The van der Waals surface area contributed by atoms with Crippen molar-refractivity contribution in [3.05, 3.63) is 18.2 Å². The van der Waals surface area contributed by atoms with Gasteiger partial charge in [0, 0.05) is 56.1 Å². The van der Waals surface area contributed by atoms with Crippen LogP contribution in [-0.4, -0.2) is 72.3 Å². The average molecular weight is 425 g/mol. The third kappa shape index (κ3) is 5.91. The number of nitrogens with one attached hydrogen (secondary N) is 2. The molecule has 0 aromatic heterocycles. The number of benzene rings is 1. The van der Waals surface area contributed by atoms with Crippen molar-refractivity contribution in [3.63, 3.8) is 0 Å². The Labute approximate surface area is 173 Å². The fourth-order valence-corrected chi connectivity index (χ4v) is 5.69. The molecule has 1 aromatic carbocycles. The molecule has 2 aliphatic rings. The van der Waals surface area contributed by atoms with Crippen LogP contribution in [0.15, 0.2) is 23.2 Å². The van der Waals surface area contributed by atoms with Crippen LogP contribution < -0.4 is 25.0 Å². The Hall–Kier alpha value is -2.16. The van der Waals surface area contributed by atoms with E-state index in [1.165, 1.54) is 0 Å². The lowest BCUT2D eigenvalue weighted by Crippen LogP contribution is -2.44. The number of aliphatic imine (C=N–C) groups is 1. The van der Waals surface area contributed by atoms with Gasteiger partial charge in [-0.25, -0.2) is 8.42 Å². The Bertz CT molecular complexity index is 806. The number of hydrogen-bond donors (Lipinski definition) is 2. The molecule has 2 saturated heterocycles. The van der Waals surface area contributed by atoms with Gasteiger partial charge in [-0.2, -0.15) is 0 Å². The standard InChI is InChI=1S/C20H32N4O4S/c1-4-21-20(22-12-15-6-8-29(25,26)14-15)23-16-5-7-24(13-16)17-9-18(27-2)11-19(10-17)28-3/h9-11,15-16H,4-8,12-14H2,1-3H3,(H2,21,22,23). The first-order valence-electron chi connectivity index (χ1n) is 10.2. The van der Waals surface area contributed by atoms with E-state index in [4.69, 9.17) is 9.47 Å². The van der Waals surface area contributed by atoms with Crippen molar-refractivity contribution >= 4 is 21.5 Å². The normalized spacial score (nSPS) is 23.8. The first-order chi connectivity index (χ1) is 13.9. The monoisotopic (exact) mass is 424 g/mol. The summed E-state index contributed by atoms with van der Waals surface area (Å²) in [5, 5.41) is 6.78. The molecule has 1 aromatic rings. The van der Waals surface area contributed by atoms with Gasteiger partial charge >= 0.3 is 0 Å². The molecular formula is C20H32N4O4S. The Kier molecular flexibility index (Phi) is 7.10. The fraction of sp³-hybridized carbons (Fsp3) is 0.650. The summed E-state index contributed by atoms with van der Waals surface area (Å²) in [7, 11) is 0.444. The first-order valence-corrected chi connectivity index (χ1v) is 12.0. The van der Waals surface area contributed by atoms with Gasteiger partial charge in [-0.3, -0.25) is 4.99 Å². The zero-order valence-corrected chi connectivity index (χ0v) is 18.3. The van der Waals surface area contributed by atoms with E-state index >= 15 is 0 Å². The highest BCUT2D eigenvalue weighted by molar-refractivity contribution is 7.91. The summed E-state index contributed by atoms with van der Waals surface area (Å²) < 4.78 is 34.1. The van der Waals surface area contributed by atoms with Crippen molar-refractivity contribution in [2.45, 2.75) is 25.8 Å². The van der Waals surface area contributed by atoms with E-state index in [2.05, 4.69) is 20.5 Å². The van der Waals surface area contributed by atoms with Crippen molar-refractivity contribution in [3.8, 4) is 11.5 Å². The van der Waals surface area contributed by atoms with Gasteiger partial charge in [-0.15, -0.1) is 0 Å². The van der Waals surface area contributed by atoms with Crippen molar-refractivity contribution in [2.75, 3.05) is 56.8 Å². The van der Waals surface area contributed by atoms with Gasteiger partial charge < -0.3 is 25.0 Å². The minimum absolute atomic E-state index is 0.125. The lowest BCUT2D eigenvalue weighted by atomic mass is 10.1. The Morgan fingerprint density at radius 3 is 2.52 bits per heavy atom. The van der Waals surface area contributed by atoms with Crippen molar-refractivity contribution < 1.29 is 17.9 Å². The molecule has 2 N–H and O–H groups in total. The average Bonchev–Trinajstić information content (AvgIpc) is 3.31. The Balaban J connectivity index is 1.60. The summed E-state index contributed by atoms with van der Waals surface area (Å²) in [4.78, 5) is 6.95. The van der Waals surface area contributed by atoms with E-state index in [1.807, 2.05) is 25.1 Å². The maximum absolute atomic E-state index is 11.6. The highest BCUT2D eigenvalue weighted by Gasteiger charge is 2.28. The molecule has 162 valence electrons. The molecular weight excluding hydrogens is 392 g/mol. The Morgan fingerprint density at radius 1 is 1.21 bits per heavy atom. The maximum atomic E-state index is 11.6. The van der Waals surface area contributed by atoms with Gasteiger partial charge in [0.1, 0.15) is 11.5 Å². The first kappa shape index (κ1) is 21.5. The van der Waals surface area contributed by atoms with Gasteiger partial charge in [-0.05, 0) is 25.7 Å². The van der Waals surface area contributed by atoms with Gasteiger partial charge in [-0.1, -0.05) is 0 Å². The molecule has 29 heavy (non-hydrogen) atoms. The number of hydrogen-bond acceptors (Lipinski definition) is 6. The number of anilines is 1. The largest absolute Gasteiger partial charge is 0.497 e. The van der Waals surface area contributed by atoms with E-state index in [1.54, 1.807) is 14.2 Å². The van der Waals surface area contributed by atoms with Gasteiger partial charge in [0.2, 0.25) is 0 Å². The van der Waals surface area contributed by atoms with Crippen molar-refractivity contribution in [1.29, 1.82) is 0 Å². The molecule has 2 heterocycles. The number of sulfone groups is 1. The molecule has 0 radical (unpaired) electrons. The topological polar surface area (TPSA) is 92.3 Å². The second kappa shape index (κ2) is 9.56. The molecule has 0 spiro atoms. The van der Waals surface area contributed by atoms with Crippen LogP contribution in [0, 0.1) is 5.92 Å². The summed E-state index contributed by atoms with van der Waals surface area (Å²) in [5.41, 5.74) is 1.07. The summed E-state index contributed by atoms with van der Waals surface area (Å²) >= 11 is 0. The second-order valence-electron chi connectivity index (χ2n) is 7.64. The highest BCUT2D eigenvalue weighted by Crippen LogP contribution is 2.30. The predicted octanol–water partition coefficient (Wildman–Crippen LogP) is 1.27. The van der Waals surface area contributed by atoms with E-state index in [0.717, 1.165) is 49.2 Å². The molecule has 2 unspecified atom stereocenters. The second-order valence-corrected chi connectivity index (χ2v) is 9.86. The smallest absolute Gasteiger partial charge is 0.191 e. The molecule has 9 heteroatoms. The van der Waals surface area contributed by atoms with Gasteiger partial charge in [0.05, 0.1) is 25.7 Å². The summed E-state index contributed by atoms with van der Waals surface area (Å²) in [5.74, 6) is 2.98. The quantitative estimate of drug-likeness (QED) is 0.503. The maximum Gasteiger partial charge on any atom is 0.191 e. The van der Waals surface area contributed by atoms with Crippen LogP contribution in [0.25, 0.3) is 0 Å². The summed E-state index contributed by atoms with van der Waals surface area (Å²) in [6.45, 7) is 5.10. The van der Waals surface area contributed by atoms with Crippen LogP contribution in [-0.2, 0) is 9.84 Å². The van der Waals surface area contributed by atoms with Crippen LogP contribution >= 0.6 is 0 Å². The zero-order valence-electron chi connectivity index (χ0n) is 17.5. The van der Waals surface area contributed by atoms with Gasteiger partial charge in [0.15, 0.2) is 15.8 Å². The van der Waals surface area contributed by atoms with E-state index in [9.17, 15) is 8.42 Å². The summed E-state index contributed by atoms with van der Waals surface area (Å²) in [6, 6.07) is 6.17.